The summed E-state index contributed by atoms with van der Waals surface area (Å²) in [4.78, 5) is 27.5. The monoisotopic (exact) mass is 463 g/mol. The second kappa shape index (κ2) is 9.14. The molecule has 2 aliphatic rings. The first kappa shape index (κ1) is 22.5. The Hall–Kier alpha value is -3.32. The first-order valence-electron chi connectivity index (χ1n) is 11.9. The second-order valence-corrected chi connectivity index (χ2v) is 9.31. The predicted octanol–water partition coefficient (Wildman–Crippen LogP) is 4.43. The smallest absolute Gasteiger partial charge is 0.260 e. The van der Waals surface area contributed by atoms with Crippen molar-refractivity contribution in [3.8, 4) is 17.2 Å². The Kier molecular flexibility index (Phi) is 6.04. The third-order valence-corrected chi connectivity index (χ3v) is 7.09. The highest BCUT2D eigenvalue weighted by Crippen LogP contribution is 2.39. The molecule has 0 radical (unpaired) electrons. The van der Waals surface area contributed by atoms with Crippen molar-refractivity contribution < 1.29 is 23.8 Å². The number of hydrogen-bond acceptors (Lipinski definition) is 6. The van der Waals surface area contributed by atoms with Gasteiger partial charge in [-0.1, -0.05) is 31.0 Å². The Morgan fingerprint density at radius 2 is 1.97 bits per heavy atom. The van der Waals surface area contributed by atoms with Crippen LogP contribution in [0.25, 0.3) is 11.0 Å². The molecule has 2 heterocycles. The molecule has 1 saturated carbocycles. The van der Waals surface area contributed by atoms with Crippen LogP contribution in [0.15, 0.2) is 57.7 Å². The van der Waals surface area contributed by atoms with Crippen molar-refractivity contribution in [1.82, 2.24) is 4.90 Å². The molecule has 0 spiro atoms. The fraction of sp³-hybridized carbons (Fsp3) is 0.407. The average Bonchev–Trinajstić information content (AvgIpc) is 2.85. The van der Waals surface area contributed by atoms with Crippen LogP contribution in [0.5, 0.6) is 17.2 Å². The minimum absolute atomic E-state index is 0.100. The number of aryl methyl sites for hydroxylation is 1. The molecule has 3 aromatic rings. The summed E-state index contributed by atoms with van der Waals surface area (Å²) in [5.74, 6) is 1.56. The van der Waals surface area contributed by atoms with E-state index in [1.54, 1.807) is 42.2 Å². The van der Waals surface area contributed by atoms with Crippen LogP contribution in [0.4, 0.5) is 0 Å². The Balaban J connectivity index is 1.27. The van der Waals surface area contributed by atoms with Gasteiger partial charge in [-0.15, -0.1) is 0 Å². The molecule has 2 fully saturated rings. The Morgan fingerprint density at radius 1 is 1.15 bits per heavy atom. The molecular formula is C27H29NO6. The predicted molar refractivity (Wildman–Crippen MR) is 127 cm³/mol. The molecule has 1 N–H and O–H groups in total. The van der Waals surface area contributed by atoms with E-state index in [1.165, 1.54) is 0 Å². The van der Waals surface area contributed by atoms with Gasteiger partial charge in [0.05, 0.1) is 11.0 Å². The summed E-state index contributed by atoms with van der Waals surface area (Å²) in [6.07, 6.45) is 4.57. The van der Waals surface area contributed by atoms with Crippen LogP contribution in [0.3, 0.4) is 0 Å². The number of ether oxygens (including phenoxy) is 2. The molecule has 1 amide bonds. The lowest BCUT2D eigenvalue weighted by Gasteiger charge is -2.47. The average molecular weight is 464 g/mol. The zero-order valence-electron chi connectivity index (χ0n) is 19.3. The normalized spacial score (nSPS) is 22.3. The third-order valence-electron chi connectivity index (χ3n) is 7.09. The van der Waals surface area contributed by atoms with Gasteiger partial charge >= 0.3 is 0 Å². The maximum atomic E-state index is 13.0. The van der Waals surface area contributed by atoms with Gasteiger partial charge in [-0.3, -0.25) is 9.59 Å². The summed E-state index contributed by atoms with van der Waals surface area (Å²) in [7, 11) is 0. The van der Waals surface area contributed by atoms with E-state index in [4.69, 9.17) is 13.9 Å². The van der Waals surface area contributed by atoms with Gasteiger partial charge < -0.3 is 23.9 Å². The molecule has 2 aromatic carbocycles. The molecule has 1 aromatic heterocycles. The number of hydrogen-bond donors (Lipinski definition) is 1. The largest absolute Gasteiger partial charge is 0.484 e. The van der Waals surface area contributed by atoms with Crippen LogP contribution in [0.1, 0.15) is 37.9 Å². The van der Waals surface area contributed by atoms with Crippen LogP contribution < -0.4 is 14.9 Å². The van der Waals surface area contributed by atoms with Crippen molar-refractivity contribution >= 4 is 16.9 Å². The fourth-order valence-electron chi connectivity index (χ4n) is 5.12. The molecule has 2 atom stereocenters. The minimum atomic E-state index is -0.618. The lowest BCUT2D eigenvalue weighted by Crippen LogP contribution is -2.55. The Morgan fingerprint density at radius 3 is 2.79 bits per heavy atom. The highest BCUT2D eigenvalue weighted by molar-refractivity contribution is 5.80. The van der Waals surface area contributed by atoms with Crippen LogP contribution in [0.2, 0.25) is 0 Å². The highest BCUT2D eigenvalue weighted by Gasteiger charge is 2.43. The molecule has 178 valence electrons. The van der Waals surface area contributed by atoms with Crippen LogP contribution >= 0.6 is 0 Å². The Labute approximate surface area is 197 Å². The highest BCUT2D eigenvalue weighted by atomic mass is 16.5. The quantitative estimate of drug-likeness (QED) is 0.602. The number of carbonyl (C=O) groups is 1. The standard InChI is InChI=1S/C27H29NO6/c1-18-26(34-20-8-3-2-4-9-20)25(30)22-11-10-21(15-23(22)33-18)32-17-24(29)28-14-13-27(31)12-6-5-7-19(27)16-28/h2-4,8-11,15,19,31H,5-7,12-14,16-17H2,1H3/t19-,27+/m1/s1. The number of fused-ring (bicyclic) bond motifs is 2. The summed E-state index contributed by atoms with van der Waals surface area (Å²) in [5.41, 5.74) is -0.510. The molecule has 0 unspecified atom stereocenters. The number of likely N-dealkylation sites (tertiary alicyclic amines) is 1. The fourth-order valence-corrected chi connectivity index (χ4v) is 5.12. The third kappa shape index (κ3) is 4.40. The summed E-state index contributed by atoms with van der Waals surface area (Å²) in [5, 5.41) is 11.2. The number of aliphatic hydroxyl groups is 1. The van der Waals surface area contributed by atoms with E-state index in [-0.39, 0.29) is 29.6 Å². The van der Waals surface area contributed by atoms with E-state index in [9.17, 15) is 14.7 Å². The second-order valence-electron chi connectivity index (χ2n) is 9.31. The number of amides is 1. The summed E-state index contributed by atoms with van der Waals surface area (Å²) in [6, 6.07) is 14.0. The number of para-hydroxylation sites is 1. The first-order chi connectivity index (χ1) is 16.4. The van der Waals surface area contributed by atoms with Gasteiger partial charge in [-0.25, -0.2) is 0 Å². The zero-order chi connectivity index (χ0) is 23.7. The van der Waals surface area contributed by atoms with Crippen LogP contribution in [0, 0.1) is 12.8 Å². The molecular weight excluding hydrogens is 434 g/mol. The zero-order valence-corrected chi connectivity index (χ0v) is 19.3. The number of benzene rings is 2. The molecule has 7 heteroatoms. The van der Waals surface area contributed by atoms with Crippen LogP contribution in [-0.2, 0) is 4.79 Å². The van der Waals surface area contributed by atoms with Gasteiger partial charge in [0, 0.05) is 25.1 Å². The van der Waals surface area contributed by atoms with E-state index < -0.39 is 5.60 Å². The van der Waals surface area contributed by atoms with Gasteiger partial charge in [0.1, 0.15) is 22.8 Å². The van der Waals surface area contributed by atoms with E-state index in [0.29, 0.717) is 47.7 Å². The topological polar surface area (TPSA) is 89.2 Å². The maximum absolute atomic E-state index is 13.0. The molecule has 34 heavy (non-hydrogen) atoms. The summed E-state index contributed by atoms with van der Waals surface area (Å²) >= 11 is 0. The molecule has 0 bridgehead atoms. The minimum Gasteiger partial charge on any atom is -0.484 e. The van der Waals surface area contributed by atoms with Gasteiger partial charge in [0.15, 0.2) is 6.61 Å². The van der Waals surface area contributed by atoms with E-state index in [0.717, 1.165) is 25.7 Å². The lowest BCUT2D eigenvalue weighted by atomic mass is 9.71. The first-order valence-corrected chi connectivity index (χ1v) is 11.9. The number of nitrogens with zero attached hydrogens (tertiary/aromatic N) is 1. The maximum Gasteiger partial charge on any atom is 0.260 e. The van der Waals surface area contributed by atoms with Crippen LogP contribution in [-0.4, -0.2) is 41.2 Å². The van der Waals surface area contributed by atoms with Crippen molar-refractivity contribution in [3.05, 3.63) is 64.5 Å². The van der Waals surface area contributed by atoms with Crippen molar-refractivity contribution in [2.24, 2.45) is 5.92 Å². The van der Waals surface area contributed by atoms with Gasteiger partial charge in [0.25, 0.3) is 5.91 Å². The Bertz CT molecular complexity index is 1250. The molecule has 1 saturated heterocycles. The molecule has 1 aliphatic heterocycles. The molecule has 1 aliphatic carbocycles. The van der Waals surface area contributed by atoms with Gasteiger partial charge in [0.2, 0.25) is 11.2 Å². The summed E-state index contributed by atoms with van der Waals surface area (Å²) in [6.45, 7) is 2.70. The van der Waals surface area contributed by atoms with Crippen molar-refractivity contribution in [1.29, 1.82) is 0 Å². The van der Waals surface area contributed by atoms with Crippen molar-refractivity contribution in [2.75, 3.05) is 19.7 Å². The lowest BCUT2D eigenvalue weighted by molar-refractivity contribution is -0.145. The molecule has 5 rings (SSSR count). The number of rotatable bonds is 5. The van der Waals surface area contributed by atoms with E-state index in [2.05, 4.69) is 0 Å². The van der Waals surface area contributed by atoms with Crippen molar-refractivity contribution in [3.63, 3.8) is 0 Å². The summed E-state index contributed by atoms with van der Waals surface area (Å²) < 4.78 is 17.4. The van der Waals surface area contributed by atoms with E-state index >= 15 is 0 Å². The van der Waals surface area contributed by atoms with Crippen molar-refractivity contribution in [2.45, 2.75) is 44.6 Å². The molecule has 7 nitrogen and oxygen atoms in total. The van der Waals surface area contributed by atoms with Gasteiger partial charge in [-0.05, 0) is 50.5 Å². The SMILES string of the molecule is Cc1oc2cc(OCC(=O)N3CC[C@@]4(O)CCCC[C@@H]4C3)ccc2c(=O)c1Oc1ccccc1. The number of carbonyl (C=O) groups excluding carboxylic acids is 1. The number of piperidine rings is 1. The van der Waals surface area contributed by atoms with Gasteiger partial charge in [-0.2, -0.15) is 0 Å². The van der Waals surface area contributed by atoms with E-state index in [1.807, 2.05) is 18.2 Å².